The number of aliphatic hydroxyl groups is 1. The number of hydrogen-bond donors (Lipinski definition) is 1. The van der Waals surface area contributed by atoms with Crippen LogP contribution in [0.3, 0.4) is 0 Å². The Balaban J connectivity index is 2.18. The fraction of sp³-hybridized carbons (Fsp3) is 0.217. The highest BCUT2D eigenvalue weighted by Crippen LogP contribution is 2.53. The van der Waals surface area contributed by atoms with Crippen LogP contribution >= 0.6 is 0 Å². The predicted molar refractivity (Wildman–Crippen MR) is 99.4 cm³/mol. The third-order valence-electron chi connectivity index (χ3n) is 5.18. The van der Waals surface area contributed by atoms with Gasteiger partial charge in [-0.2, -0.15) is 0 Å². The highest BCUT2D eigenvalue weighted by molar-refractivity contribution is 5.87. The molecule has 0 fully saturated rings. The van der Waals surface area contributed by atoms with Crippen molar-refractivity contribution < 1.29 is 5.11 Å². The van der Waals surface area contributed by atoms with E-state index in [1.54, 1.807) is 0 Å². The first-order valence-corrected chi connectivity index (χ1v) is 8.44. The zero-order valence-electron chi connectivity index (χ0n) is 14.6. The van der Waals surface area contributed by atoms with E-state index < -0.39 is 5.60 Å². The summed E-state index contributed by atoms with van der Waals surface area (Å²) in [4.78, 5) is 0. The molecule has 0 radical (unpaired) electrons. The van der Waals surface area contributed by atoms with Gasteiger partial charge in [-0.05, 0) is 55.5 Å². The minimum absolute atomic E-state index is 0.931. The minimum atomic E-state index is -1.08. The first kappa shape index (κ1) is 15.2. The Kier molecular flexibility index (Phi) is 3.20. The van der Waals surface area contributed by atoms with E-state index in [0.717, 1.165) is 16.7 Å². The first-order valence-electron chi connectivity index (χ1n) is 8.44. The molecule has 3 aromatic carbocycles. The van der Waals surface area contributed by atoms with Crippen molar-refractivity contribution in [2.45, 2.75) is 33.3 Å². The van der Waals surface area contributed by atoms with Gasteiger partial charge in [0.1, 0.15) is 5.60 Å². The molecule has 0 bridgehead atoms. The molecule has 3 aromatic rings. The van der Waals surface area contributed by atoms with Crippen molar-refractivity contribution in [2.24, 2.45) is 0 Å². The molecule has 120 valence electrons. The van der Waals surface area contributed by atoms with Crippen LogP contribution in [0, 0.1) is 27.7 Å². The Labute approximate surface area is 143 Å². The zero-order valence-corrected chi connectivity index (χ0v) is 14.6. The molecule has 1 N–H and O–H groups in total. The van der Waals surface area contributed by atoms with E-state index in [1.165, 1.54) is 33.4 Å². The van der Waals surface area contributed by atoms with E-state index in [2.05, 4.69) is 52.0 Å². The molecule has 1 aliphatic rings. The maximum absolute atomic E-state index is 12.0. The molecule has 0 unspecified atom stereocenters. The second-order valence-electron chi connectivity index (χ2n) is 7.09. The maximum Gasteiger partial charge on any atom is 0.141 e. The highest BCUT2D eigenvalue weighted by Gasteiger charge is 2.44. The molecule has 4 rings (SSSR count). The van der Waals surface area contributed by atoms with E-state index in [1.807, 2.05) is 30.3 Å². The molecular weight excluding hydrogens is 292 g/mol. The Bertz CT molecular complexity index is 894. The van der Waals surface area contributed by atoms with Gasteiger partial charge in [0.05, 0.1) is 0 Å². The number of fused-ring (bicyclic) bond motifs is 3. The summed E-state index contributed by atoms with van der Waals surface area (Å²) in [5.74, 6) is 0. The van der Waals surface area contributed by atoms with Crippen LogP contribution in [0.25, 0.3) is 11.1 Å². The lowest BCUT2D eigenvalue weighted by Gasteiger charge is -2.27. The summed E-state index contributed by atoms with van der Waals surface area (Å²) < 4.78 is 0. The largest absolute Gasteiger partial charge is 0.376 e. The zero-order chi connectivity index (χ0) is 17.1. The quantitative estimate of drug-likeness (QED) is 0.656. The van der Waals surface area contributed by atoms with Gasteiger partial charge < -0.3 is 5.11 Å². The van der Waals surface area contributed by atoms with Gasteiger partial charge in [0, 0.05) is 11.1 Å². The average Bonchev–Trinajstić information content (AvgIpc) is 2.79. The molecule has 24 heavy (non-hydrogen) atoms. The van der Waals surface area contributed by atoms with E-state index in [4.69, 9.17) is 0 Å². The minimum Gasteiger partial charge on any atom is -0.376 e. The van der Waals surface area contributed by atoms with Gasteiger partial charge in [0.2, 0.25) is 0 Å². The van der Waals surface area contributed by atoms with Crippen LogP contribution in [0.4, 0.5) is 0 Å². The lowest BCUT2D eigenvalue weighted by atomic mass is 9.83. The normalized spacial score (nSPS) is 14.4. The van der Waals surface area contributed by atoms with Crippen LogP contribution in [0.5, 0.6) is 0 Å². The van der Waals surface area contributed by atoms with Crippen molar-refractivity contribution in [1.29, 1.82) is 0 Å². The Morgan fingerprint density at radius 2 is 1.12 bits per heavy atom. The van der Waals surface area contributed by atoms with E-state index in [-0.39, 0.29) is 0 Å². The molecular formula is C23H22O. The molecule has 0 aromatic heterocycles. The molecule has 1 heteroatoms. The number of rotatable bonds is 1. The van der Waals surface area contributed by atoms with Crippen LogP contribution in [0.15, 0.2) is 54.6 Å². The van der Waals surface area contributed by atoms with Crippen LogP contribution in [-0.2, 0) is 5.60 Å². The van der Waals surface area contributed by atoms with Gasteiger partial charge in [-0.1, -0.05) is 65.7 Å². The van der Waals surface area contributed by atoms with Crippen molar-refractivity contribution in [3.05, 3.63) is 93.5 Å². The first-order chi connectivity index (χ1) is 11.4. The smallest absolute Gasteiger partial charge is 0.141 e. The molecule has 0 atom stereocenters. The van der Waals surface area contributed by atoms with Gasteiger partial charge in [-0.15, -0.1) is 0 Å². The van der Waals surface area contributed by atoms with Crippen molar-refractivity contribution in [1.82, 2.24) is 0 Å². The fourth-order valence-electron chi connectivity index (χ4n) is 4.31. The molecule has 0 spiro atoms. The number of aryl methyl sites for hydroxylation is 4. The molecule has 0 saturated carbocycles. The molecule has 1 nitrogen and oxygen atoms in total. The standard InChI is InChI=1S/C23H22O/c1-14-10-16(3)21-19(12-14)23(24,18-8-6-5-7-9-18)20-13-15(2)11-17(4)22(20)21/h5-13,24H,1-4H3. The summed E-state index contributed by atoms with van der Waals surface area (Å²) in [5, 5.41) is 12.0. The van der Waals surface area contributed by atoms with Crippen molar-refractivity contribution in [3.63, 3.8) is 0 Å². The lowest BCUT2D eigenvalue weighted by Crippen LogP contribution is -2.26. The topological polar surface area (TPSA) is 20.2 Å². The van der Waals surface area contributed by atoms with E-state index >= 15 is 0 Å². The van der Waals surface area contributed by atoms with Gasteiger partial charge >= 0.3 is 0 Å². The van der Waals surface area contributed by atoms with Crippen molar-refractivity contribution in [2.75, 3.05) is 0 Å². The van der Waals surface area contributed by atoms with Gasteiger partial charge in [-0.25, -0.2) is 0 Å². The summed E-state index contributed by atoms with van der Waals surface area (Å²) in [6.07, 6.45) is 0. The van der Waals surface area contributed by atoms with Crippen LogP contribution in [0.1, 0.15) is 38.9 Å². The highest BCUT2D eigenvalue weighted by atomic mass is 16.3. The van der Waals surface area contributed by atoms with E-state index in [9.17, 15) is 5.11 Å². The number of hydrogen-bond acceptors (Lipinski definition) is 1. The second-order valence-corrected chi connectivity index (χ2v) is 7.09. The fourth-order valence-corrected chi connectivity index (χ4v) is 4.31. The van der Waals surface area contributed by atoms with Crippen molar-refractivity contribution in [3.8, 4) is 11.1 Å². The van der Waals surface area contributed by atoms with Gasteiger partial charge in [0.25, 0.3) is 0 Å². The molecule has 0 amide bonds. The summed E-state index contributed by atoms with van der Waals surface area (Å²) in [5.41, 5.74) is 9.07. The molecule has 0 heterocycles. The SMILES string of the molecule is Cc1cc(C)c2c(c1)C(O)(c1ccccc1)c1cc(C)cc(C)c1-2. The van der Waals surface area contributed by atoms with Crippen LogP contribution in [-0.4, -0.2) is 5.11 Å². The summed E-state index contributed by atoms with van der Waals surface area (Å²) in [7, 11) is 0. The van der Waals surface area contributed by atoms with Gasteiger partial charge in [0.15, 0.2) is 0 Å². The van der Waals surface area contributed by atoms with Crippen molar-refractivity contribution >= 4 is 0 Å². The molecule has 0 aliphatic heterocycles. The third kappa shape index (κ3) is 1.91. The third-order valence-corrected chi connectivity index (χ3v) is 5.18. The van der Waals surface area contributed by atoms with Crippen LogP contribution < -0.4 is 0 Å². The Morgan fingerprint density at radius 3 is 1.58 bits per heavy atom. The Hall–Kier alpha value is -2.38. The lowest BCUT2D eigenvalue weighted by molar-refractivity contribution is 0.130. The van der Waals surface area contributed by atoms with Crippen LogP contribution in [0.2, 0.25) is 0 Å². The summed E-state index contributed by atoms with van der Waals surface area (Å²) in [6, 6.07) is 18.7. The Morgan fingerprint density at radius 1 is 0.667 bits per heavy atom. The summed E-state index contributed by atoms with van der Waals surface area (Å²) >= 11 is 0. The second kappa shape index (κ2) is 5.06. The number of benzene rings is 3. The van der Waals surface area contributed by atoms with Gasteiger partial charge in [-0.3, -0.25) is 0 Å². The monoisotopic (exact) mass is 314 g/mol. The van der Waals surface area contributed by atoms with E-state index in [0.29, 0.717) is 0 Å². The summed E-state index contributed by atoms with van der Waals surface area (Å²) in [6.45, 7) is 8.48. The molecule has 1 aliphatic carbocycles. The average molecular weight is 314 g/mol. The maximum atomic E-state index is 12.0. The molecule has 0 saturated heterocycles. The predicted octanol–water partition coefficient (Wildman–Crippen LogP) is 5.18.